The summed E-state index contributed by atoms with van der Waals surface area (Å²) in [4.78, 5) is 13.4. The molecular formula is C25H22Cl2N6O3. The second-order valence-electron chi connectivity index (χ2n) is 7.47. The zero-order chi connectivity index (χ0) is 25.3. The second kappa shape index (κ2) is 12.1. The van der Waals surface area contributed by atoms with Crippen LogP contribution in [-0.2, 0) is 17.9 Å². The van der Waals surface area contributed by atoms with E-state index in [9.17, 15) is 4.79 Å². The molecule has 0 saturated carbocycles. The van der Waals surface area contributed by atoms with Crippen molar-refractivity contribution < 1.29 is 14.3 Å². The Hall–Kier alpha value is -3.95. The van der Waals surface area contributed by atoms with E-state index in [1.54, 1.807) is 30.3 Å². The van der Waals surface area contributed by atoms with E-state index in [1.807, 2.05) is 43.3 Å². The molecule has 184 valence electrons. The number of nitrogens with one attached hydrogen (secondary N) is 1. The molecule has 1 N–H and O–H groups in total. The summed E-state index contributed by atoms with van der Waals surface area (Å²) in [6.07, 6.45) is 1.50. The molecule has 0 bridgehead atoms. The number of hydrogen-bond donors (Lipinski definition) is 1. The van der Waals surface area contributed by atoms with Crippen molar-refractivity contribution in [2.75, 3.05) is 6.61 Å². The lowest BCUT2D eigenvalue weighted by atomic mass is 10.2. The van der Waals surface area contributed by atoms with E-state index in [-0.39, 0.29) is 13.2 Å². The van der Waals surface area contributed by atoms with Crippen LogP contribution in [0, 0.1) is 0 Å². The number of tetrazole rings is 1. The van der Waals surface area contributed by atoms with Crippen LogP contribution in [0.1, 0.15) is 18.1 Å². The number of hydrazone groups is 1. The minimum absolute atomic E-state index is 0.124. The smallest absolute Gasteiger partial charge is 0.263 e. The van der Waals surface area contributed by atoms with Crippen molar-refractivity contribution in [1.29, 1.82) is 0 Å². The van der Waals surface area contributed by atoms with Crippen molar-refractivity contribution in [3.63, 3.8) is 0 Å². The third-order valence-corrected chi connectivity index (χ3v) is 5.43. The van der Waals surface area contributed by atoms with Crippen molar-refractivity contribution in [3.8, 4) is 22.9 Å². The maximum Gasteiger partial charge on any atom is 0.263 e. The molecule has 1 aromatic heterocycles. The molecule has 0 aliphatic rings. The Kier molecular flexibility index (Phi) is 8.48. The molecule has 0 saturated heterocycles. The molecule has 1 amide bonds. The average molecular weight is 525 g/mol. The van der Waals surface area contributed by atoms with E-state index in [0.717, 1.165) is 11.1 Å². The highest BCUT2D eigenvalue weighted by Crippen LogP contribution is 2.30. The maximum atomic E-state index is 12.2. The maximum absolute atomic E-state index is 12.2. The first-order chi connectivity index (χ1) is 17.5. The largest absolute Gasteiger partial charge is 0.490 e. The summed E-state index contributed by atoms with van der Waals surface area (Å²) in [5.41, 5.74) is 4.78. The predicted molar refractivity (Wildman–Crippen MR) is 137 cm³/mol. The molecule has 4 aromatic rings. The number of ether oxygens (including phenoxy) is 2. The van der Waals surface area contributed by atoms with Crippen LogP contribution in [0.15, 0.2) is 71.8 Å². The van der Waals surface area contributed by atoms with Crippen LogP contribution in [0.3, 0.4) is 0 Å². The number of amides is 1. The van der Waals surface area contributed by atoms with Crippen LogP contribution in [0.4, 0.5) is 0 Å². The van der Waals surface area contributed by atoms with Gasteiger partial charge in [-0.15, -0.1) is 10.2 Å². The van der Waals surface area contributed by atoms with Crippen molar-refractivity contribution >= 4 is 35.3 Å². The van der Waals surface area contributed by atoms with Gasteiger partial charge in [-0.25, -0.2) is 5.43 Å². The van der Waals surface area contributed by atoms with E-state index in [4.69, 9.17) is 32.7 Å². The fraction of sp³-hybridized carbons (Fsp3) is 0.160. The van der Waals surface area contributed by atoms with E-state index in [2.05, 4.69) is 25.9 Å². The van der Waals surface area contributed by atoms with Gasteiger partial charge in [0.1, 0.15) is 13.2 Å². The second-order valence-corrected chi connectivity index (χ2v) is 8.31. The van der Waals surface area contributed by atoms with Crippen LogP contribution in [0.25, 0.3) is 11.4 Å². The van der Waals surface area contributed by atoms with Crippen LogP contribution < -0.4 is 14.9 Å². The average Bonchev–Trinajstić information content (AvgIpc) is 3.33. The van der Waals surface area contributed by atoms with Crippen molar-refractivity contribution in [3.05, 3.63) is 87.9 Å². The van der Waals surface area contributed by atoms with Crippen LogP contribution in [0.5, 0.6) is 11.5 Å². The molecule has 0 atom stereocenters. The minimum atomic E-state index is -0.395. The first-order valence-electron chi connectivity index (χ1n) is 11.0. The number of nitrogens with zero attached hydrogens (tertiary/aromatic N) is 5. The third-order valence-electron chi connectivity index (χ3n) is 4.84. The zero-order valence-corrected chi connectivity index (χ0v) is 20.8. The summed E-state index contributed by atoms with van der Waals surface area (Å²) in [5, 5.41) is 17.2. The van der Waals surface area contributed by atoms with Crippen LogP contribution in [-0.4, -0.2) is 38.9 Å². The van der Waals surface area contributed by atoms with Gasteiger partial charge in [-0.1, -0.05) is 59.6 Å². The molecule has 0 fully saturated rings. The van der Waals surface area contributed by atoms with Gasteiger partial charge in [-0.3, -0.25) is 4.79 Å². The Morgan fingerprint density at radius 3 is 2.67 bits per heavy atom. The van der Waals surface area contributed by atoms with Crippen molar-refractivity contribution in [1.82, 2.24) is 25.6 Å². The van der Waals surface area contributed by atoms with Gasteiger partial charge in [0, 0.05) is 21.2 Å². The molecule has 9 nitrogen and oxygen atoms in total. The fourth-order valence-electron chi connectivity index (χ4n) is 3.14. The summed E-state index contributed by atoms with van der Waals surface area (Å²) in [6.45, 7) is 2.46. The lowest BCUT2D eigenvalue weighted by Gasteiger charge is -2.13. The monoisotopic (exact) mass is 524 g/mol. The highest BCUT2D eigenvalue weighted by molar-refractivity contribution is 6.35. The Balaban J connectivity index is 1.34. The number of carbonyl (C=O) groups is 1. The van der Waals surface area contributed by atoms with Gasteiger partial charge in [0.05, 0.1) is 12.8 Å². The number of halogens is 2. The number of hydrogen-bond acceptors (Lipinski definition) is 7. The molecule has 4 rings (SSSR count). The molecule has 1 heterocycles. The SMILES string of the molecule is CCOc1cc(/C=N\NC(=O)Cn2nnc(-c3ccccc3)n2)ccc1OCc1ccc(Cl)cc1Cl. The number of benzene rings is 3. The molecule has 36 heavy (non-hydrogen) atoms. The Labute approximate surface area is 217 Å². The molecule has 0 aliphatic heterocycles. The van der Waals surface area contributed by atoms with E-state index >= 15 is 0 Å². The topological polar surface area (TPSA) is 104 Å². The number of aromatic nitrogens is 4. The van der Waals surface area contributed by atoms with Crippen LogP contribution in [0.2, 0.25) is 10.0 Å². The predicted octanol–water partition coefficient (Wildman–Crippen LogP) is 4.77. The Bertz CT molecular complexity index is 1360. The van der Waals surface area contributed by atoms with Gasteiger partial charge in [-0.2, -0.15) is 9.90 Å². The molecule has 11 heteroatoms. The van der Waals surface area contributed by atoms with Gasteiger partial charge in [0.2, 0.25) is 5.82 Å². The lowest BCUT2D eigenvalue weighted by Crippen LogP contribution is -2.24. The Morgan fingerprint density at radius 1 is 1.06 bits per heavy atom. The Morgan fingerprint density at radius 2 is 1.89 bits per heavy atom. The summed E-state index contributed by atoms with van der Waals surface area (Å²) < 4.78 is 11.6. The van der Waals surface area contributed by atoms with Gasteiger partial charge in [-0.05, 0) is 48.0 Å². The van der Waals surface area contributed by atoms with E-state index < -0.39 is 5.91 Å². The highest BCUT2D eigenvalue weighted by atomic mass is 35.5. The van der Waals surface area contributed by atoms with Gasteiger partial charge < -0.3 is 9.47 Å². The first-order valence-corrected chi connectivity index (χ1v) is 11.8. The first kappa shape index (κ1) is 25.2. The zero-order valence-electron chi connectivity index (χ0n) is 19.3. The molecule has 0 unspecified atom stereocenters. The lowest BCUT2D eigenvalue weighted by molar-refractivity contribution is -0.122. The van der Waals surface area contributed by atoms with E-state index in [0.29, 0.717) is 39.5 Å². The standard InChI is InChI=1S/C25H22Cl2N6O3/c1-2-35-23-12-17(8-11-22(23)36-16-19-9-10-20(26)13-21(19)27)14-28-29-24(34)15-33-31-25(30-32-33)18-6-4-3-5-7-18/h3-14H,2,15-16H2,1H3,(H,29,34)/b28-14-. The number of rotatable bonds is 10. The molecule has 0 aliphatic carbocycles. The summed E-state index contributed by atoms with van der Waals surface area (Å²) in [7, 11) is 0. The summed E-state index contributed by atoms with van der Waals surface area (Å²) in [5.74, 6) is 1.14. The molecule has 3 aromatic carbocycles. The van der Waals surface area contributed by atoms with Crippen molar-refractivity contribution in [2.45, 2.75) is 20.1 Å². The number of carbonyl (C=O) groups excluding carboxylic acids is 1. The third kappa shape index (κ3) is 6.80. The van der Waals surface area contributed by atoms with E-state index in [1.165, 1.54) is 11.0 Å². The van der Waals surface area contributed by atoms with Gasteiger partial charge in [0.15, 0.2) is 11.5 Å². The summed E-state index contributed by atoms with van der Waals surface area (Å²) in [6, 6.07) is 19.9. The molecule has 0 spiro atoms. The van der Waals surface area contributed by atoms with Gasteiger partial charge in [0.25, 0.3) is 5.91 Å². The molecule has 0 radical (unpaired) electrons. The quantitative estimate of drug-likeness (QED) is 0.236. The molecular weight excluding hydrogens is 503 g/mol. The normalized spacial score (nSPS) is 11.0. The highest BCUT2D eigenvalue weighted by Gasteiger charge is 2.10. The minimum Gasteiger partial charge on any atom is -0.490 e. The van der Waals surface area contributed by atoms with Gasteiger partial charge >= 0.3 is 0 Å². The van der Waals surface area contributed by atoms with Crippen molar-refractivity contribution in [2.24, 2.45) is 5.10 Å². The fourth-order valence-corrected chi connectivity index (χ4v) is 3.61. The summed E-state index contributed by atoms with van der Waals surface area (Å²) >= 11 is 12.2. The van der Waals surface area contributed by atoms with Crippen LogP contribution >= 0.6 is 23.2 Å².